The molecule has 0 radical (unpaired) electrons. The Balaban J connectivity index is 1.78. The van der Waals surface area contributed by atoms with Crippen LogP contribution in [0.5, 0.6) is 0 Å². The maximum atomic E-state index is 12.4. The molecule has 5 nitrogen and oxygen atoms in total. The van der Waals surface area contributed by atoms with E-state index in [0.717, 1.165) is 18.8 Å². The van der Waals surface area contributed by atoms with Gasteiger partial charge in [-0.25, -0.2) is 4.98 Å². The summed E-state index contributed by atoms with van der Waals surface area (Å²) in [5.41, 5.74) is 0. The zero-order valence-corrected chi connectivity index (χ0v) is 14.9. The molecule has 0 aromatic carbocycles. The van der Waals surface area contributed by atoms with Crippen LogP contribution >= 0.6 is 0 Å². The fraction of sp³-hybridized carbons (Fsp3) is 0.778. The summed E-state index contributed by atoms with van der Waals surface area (Å²) in [6.07, 6.45) is 9.94. The average Bonchev–Trinajstić information content (AvgIpc) is 2.81. The van der Waals surface area contributed by atoms with Gasteiger partial charge in [0.1, 0.15) is 5.82 Å². The molecule has 2 atom stereocenters. The molecule has 1 aliphatic heterocycles. The summed E-state index contributed by atoms with van der Waals surface area (Å²) in [6.45, 7) is 10.2. The predicted octanol–water partition coefficient (Wildman–Crippen LogP) is 2.46. The van der Waals surface area contributed by atoms with Crippen LogP contribution in [0.25, 0.3) is 0 Å². The first-order chi connectivity index (χ1) is 11.1. The van der Waals surface area contributed by atoms with E-state index in [1.165, 1.54) is 38.8 Å². The Kier molecular flexibility index (Phi) is 7.09. The summed E-state index contributed by atoms with van der Waals surface area (Å²) < 4.78 is 2.09. The van der Waals surface area contributed by atoms with Gasteiger partial charge in [-0.3, -0.25) is 4.79 Å². The number of carbonyl (C=O) groups is 1. The number of carbonyl (C=O) groups excluding carboxylic acids is 1. The number of hydrogen-bond donors (Lipinski definition) is 1. The minimum absolute atomic E-state index is 0.0407. The molecule has 1 N–H and O–H groups in total. The number of hydrogen-bond acceptors (Lipinski definition) is 3. The largest absolute Gasteiger partial charge is 0.352 e. The van der Waals surface area contributed by atoms with Gasteiger partial charge < -0.3 is 14.8 Å². The van der Waals surface area contributed by atoms with Crippen LogP contribution in [-0.4, -0.2) is 46.0 Å². The van der Waals surface area contributed by atoms with Crippen molar-refractivity contribution in [3.05, 3.63) is 18.2 Å². The molecule has 0 spiro atoms. The van der Waals surface area contributed by atoms with Crippen molar-refractivity contribution in [3.63, 3.8) is 0 Å². The van der Waals surface area contributed by atoms with Gasteiger partial charge >= 0.3 is 0 Å². The van der Waals surface area contributed by atoms with E-state index in [9.17, 15) is 4.79 Å². The highest BCUT2D eigenvalue weighted by atomic mass is 16.1. The van der Waals surface area contributed by atoms with Crippen LogP contribution in [0.2, 0.25) is 0 Å². The Morgan fingerprint density at radius 1 is 1.22 bits per heavy atom. The molecule has 1 amide bonds. The van der Waals surface area contributed by atoms with Crippen molar-refractivity contribution in [1.82, 2.24) is 19.8 Å². The van der Waals surface area contributed by atoms with E-state index in [-0.39, 0.29) is 17.9 Å². The lowest BCUT2D eigenvalue weighted by molar-refractivity contribution is -0.125. The Bertz CT molecular complexity index is 477. The van der Waals surface area contributed by atoms with Crippen LogP contribution in [0.4, 0.5) is 0 Å². The van der Waals surface area contributed by atoms with Gasteiger partial charge in [0.15, 0.2) is 0 Å². The SMILES string of the molecule is CCc1nccn1C[C@@H](C)C(=O)N[C@@H](C)CN1CCCCCC1. The Morgan fingerprint density at radius 3 is 2.57 bits per heavy atom. The van der Waals surface area contributed by atoms with Gasteiger partial charge in [-0.15, -0.1) is 0 Å². The zero-order chi connectivity index (χ0) is 16.7. The first-order valence-corrected chi connectivity index (χ1v) is 9.13. The molecule has 0 aliphatic carbocycles. The van der Waals surface area contributed by atoms with Crippen molar-refractivity contribution >= 4 is 5.91 Å². The molecule has 5 heteroatoms. The van der Waals surface area contributed by atoms with Gasteiger partial charge in [0.05, 0.1) is 5.92 Å². The highest BCUT2D eigenvalue weighted by Crippen LogP contribution is 2.10. The molecule has 1 aromatic heterocycles. The lowest BCUT2D eigenvalue weighted by Crippen LogP contribution is -2.44. The molecule has 0 bridgehead atoms. The van der Waals surface area contributed by atoms with Crippen LogP contribution in [0.15, 0.2) is 12.4 Å². The number of aryl methyl sites for hydroxylation is 1. The summed E-state index contributed by atoms with van der Waals surface area (Å²) in [5, 5.41) is 3.18. The van der Waals surface area contributed by atoms with Crippen molar-refractivity contribution in [1.29, 1.82) is 0 Å². The van der Waals surface area contributed by atoms with Crippen molar-refractivity contribution in [3.8, 4) is 0 Å². The van der Waals surface area contributed by atoms with Crippen LogP contribution in [0, 0.1) is 5.92 Å². The number of imidazole rings is 1. The minimum Gasteiger partial charge on any atom is -0.352 e. The summed E-state index contributed by atoms with van der Waals surface area (Å²) in [7, 11) is 0. The quantitative estimate of drug-likeness (QED) is 0.839. The Labute approximate surface area is 140 Å². The first-order valence-electron chi connectivity index (χ1n) is 9.13. The van der Waals surface area contributed by atoms with Crippen LogP contribution in [0.3, 0.4) is 0 Å². The summed E-state index contributed by atoms with van der Waals surface area (Å²) >= 11 is 0. The molecular weight excluding hydrogens is 288 g/mol. The van der Waals surface area contributed by atoms with Gasteiger partial charge in [0.25, 0.3) is 0 Å². The first kappa shape index (κ1) is 18.0. The van der Waals surface area contributed by atoms with Crippen molar-refractivity contribution in [2.45, 2.75) is 65.5 Å². The fourth-order valence-corrected chi connectivity index (χ4v) is 3.34. The van der Waals surface area contributed by atoms with Gasteiger partial charge in [-0.05, 0) is 32.9 Å². The van der Waals surface area contributed by atoms with E-state index < -0.39 is 0 Å². The van der Waals surface area contributed by atoms with E-state index in [4.69, 9.17) is 0 Å². The second-order valence-corrected chi connectivity index (χ2v) is 6.87. The molecule has 1 saturated heterocycles. The molecule has 2 rings (SSSR count). The number of nitrogens with one attached hydrogen (secondary N) is 1. The molecule has 130 valence electrons. The Hall–Kier alpha value is -1.36. The third-order valence-electron chi connectivity index (χ3n) is 4.66. The summed E-state index contributed by atoms with van der Waals surface area (Å²) in [5.74, 6) is 1.14. The van der Waals surface area contributed by atoms with Crippen LogP contribution in [-0.2, 0) is 17.8 Å². The maximum Gasteiger partial charge on any atom is 0.224 e. The number of aromatic nitrogens is 2. The van der Waals surface area contributed by atoms with E-state index in [1.54, 1.807) is 0 Å². The smallest absolute Gasteiger partial charge is 0.224 e. The predicted molar refractivity (Wildman–Crippen MR) is 93.3 cm³/mol. The van der Waals surface area contributed by atoms with E-state index in [0.29, 0.717) is 6.54 Å². The van der Waals surface area contributed by atoms with E-state index >= 15 is 0 Å². The standard InChI is InChI=1S/C18H32N4O/c1-4-17-19-9-12-22(17)13-15(2)18(23)20-16(3)14-21-10-7-5-6-8-11-21/h9,12,15-16H,4-8,10-11,13-14H2,1-3H3,(H,20,23)/t15-,16+/m1/s1. The zero-order valence-electron chi connectivity index (χ0n) is 14.9. The van der Waals surface area contributed by atoms with Crippen LogP contribution in [0.1, 0.15) is 52.3 Å². The third-order valence-corrected chi connectivity index (χ3v) is 4.66. The molecule has 0 unspecified atom stereocenters. The van der Waals surface area contributed by atoms with Crippen molar-refractivity contribution < 1.29 is 4.79 Å². The van der Waals surface area contributed by atoms with Gasteiger partial charge in [-0.2, -0.15) is 0 Å². The highest BCUT2D eigenvalue weighted by Gasteiger charge is 2.19. The molecule has 1 aliphatic rings. The normalized spacial score (nSPS) is 19.1. The van der Waals surface area contributed by atoms with Crippen molar-refractivity contribution in [2.75, 3.05) is 19.6 Å². The van der Waals surface area contributed by atoms with Gasteiger partial charge in [0, 0.05) is 37.9 Å². The minimum atomic E-state index is -0.0407. The average molecular weight is 320 g/mol. The lowest BCUT2D eigenvalue weighted by Gasteiger charge is -2.25. The number of rotatable bonds is 7. The third kappa shape index (κ3) is 5.65. The summed E-state index contributed by atoms with van der Waals surface area (Å²) in [4.78, 5) is 19.2. The van der Waals surface area contributed by atoms with Crippen molar-refractivity contribution in [2.24, 2.45) is 5.92 Å². The number of likely N-dealkylation sites (tertiary alicyclic amines) is 1. The van der Waals surface area contributed by atoms with Crippen LogP contribution < -0.4 is 5.32 Å². The monoisotopic (exact) mass is 320 g/mol. The molecule has 23 heavy (non-hydrogen) atoms. The fourth-order valence-electron chi connectivity index (χ4n) is 3.34. The van der Waals surface area contributed by atoms with Gasteiger partial charge in [0.2, 0.25) is 5.91 Å². The number of nitrogens with zero attached hydrogens (tertiary/aromatic N) is 3. The molecular formula is C18H32N4O. The topological polar surface area (TPSA) is 50.2 Å². The number of amides is 1. The lowest BCUT2D eigenvalue weighted by atomic mass is 10.1. The molecule has 0 saturated carbocycles. The Morgan fingerprint density at radius 2 is 1.91 bits per heavy atom. The summed E-state index contributed by atoms with van der Waals surface area (Å²) in [6, 6.07) is 0.205. The highest BCUT2D eigenvalue weighted by molar-refractivity contribution is 5.78. The van der Waals surface area contributed by atoms with E-state index in [1.807, 2.05) is 19.3 Å². The molecule has 1 fully saturated rings. The molecule has 2 heterocycles. The molecule has 1 aromatic rings. The van der Waals surface area contributed by atoms with E-state index in [2.05, 4.69) is 33.6 Å². The second-order valence-electron chi connectivity index (χ2n) is 6.87. The van der Waals surface area contributed by atoms with Gasteiger partial charge in [-0.1, -0.05) is 26.7 Å². The maximum absolute atomic E-state index is 12.4. The second kappa shape index (κ2) is 9.06.